The number of carbonyl (C=O) groups is 1. The summed E-state index contributed by atoms with van der Waals surface area (Å²) in [7, 11) is 0. The molecule has 1 saturated heterocycles. The van der Waals surface area contributed by atoms with E-state index in [1.54, 1.807) is 18.2 Å². The van der Waals surface area contributed by atoms with Gasteiger partial charge in [0, 0.05) is 13.2 Å². The highest BCUT2D eigenvalue weighted by atomic mass is 16.5. The van der Waals surface area contributed by atoms with Crippen LogP contribution < -0.4 is 5.32 Å². The predicted octanol–water partition coefficient (Wildman–Crippen LogP) is 2.00. The van der Waals surface area contributed by atoms with Crippen molar-refractivity contribution in [1.29, 1.82) is 0 Å². The number of rotatable bonds is 3. The Bertz CT molecular complexity index is 425. The lowest BCUT2D eigenvalue weighted by molar-refractivity contribution is 0.0169. The van der Waals surface area contributed by atoms with Crippen molar-refractivity contribution in [3.8, 4) is 5.75 Å². The molecule has 1 aromatic carbocycles. The summed E-state index contributed by atoms with van der Waals surface area (Å²) in [5.74, 6) is -0.229. The smallest absolute Gasteiger partial charge is 0.255 e. The quantitative estimate of drug-likeness (QED) is 0.861. The van der Waals surface area contributed by atoms with E-state index in [0.717, 1.165) is 31.4 Å². The third-order valence-electron chi connectivity index (χ3n) is 3.16. The molecule has 0 radical (unpaired) electrons. The van der Waals surface area contributed by atoms with E-state index in [1.807, 2.05) is 6.92 Å². The van der Waals surface area contributed by atoms with Gasteiger partial charge in [-0.1, -0.05) is 11.6 Å². The summed E-state index contributed by atoms with van der Waals surface area (Å²) in [6.45, 7) is 3.17. The standard InChI is InChI=1S/C14H19NO3/c1-10-5-6-13(16)12(8-10)14(17)15-9-11-4-2-3-7-18-11/h5-6,8,11,16H,2-4,7,9H2,1H3,(H,15,17). The molecule has 0 bridgehead atoms. The molecule has 0 saturated carbocycles. The van der Waals surface area contributed by atoms with Gasteiger partial charge in [-0.15, -0.1) is 0 Å². The number of hydrogen-bond acceptors (Lipinski definition) is 3. The van der Waals surface area contributed by atoms with E-state index < -0.39 is 0 Å². The third-order valence-corrected chi connectivity index (χ3v) is 3.16. The molecule has 98 valence electrons. The summed E-state index contributed by atoms with van der Waals surface area (Å²) in [4.78, 5) is 11.9. The van der Waals surface area contributed by atoms with E-state index in [-0.39, 0.29) is 17.8 Å². The van der Waals surface area contributed by atoms with Crippen LogP contribution in [0.25, 0.3) is 0 Å². The van der Waals surface area contributed by atoms with Crippen molar-refractivity contribution >= 4 is 5.91 Å². The van der Waals surface area contributed by atoms with E-state index in [9.17, 15) is 9.90 Å². The Balaban J connectivity index is 1.92. The summed E-state index contributed by atoms with van der Waals surface area (Å²) in [6, 6.07) is 5.00. The number of aryl methyl sites for hydroxylation is 1. The summed E-state index contributed by atoms with van der Waals surface area (Å²) < 4.78 is 5.54. The maximum absolute atomic E-state index is 11.9. The van der Waals surface area contributed by atoms with Crippen molar-refractivity contribution in [2.45, 2.75) is 32.3 Å². The molecule has 1 heterocycles. The number of aromatic hydroxyl groups is 1. The van der Waals surface area contributed by atoms with Crippen molar-refractivity contribution in [2.24, 2.45) is 0 Å². The molecule has 4 nitrogen and oxygen atoms in total. The Kier molecular flexibility index (Phi) is 4.20. The molecule has 1 unspecified atom stereocenters. The summed E-state index contributed by atoms with van der Waals surface area (Å²) >= 11 is 0. The zero-order valence-electron chi connectivity index (χ0n) is 10.6. The Hall–Kier alpha value is -1.55. The van der Waals surface area contributed by atoms with Crippen molar-refractivity contribution in [1.82, 2.24) is 5.32 Å². The number of phenols is 1. The summed E-state index contributed by atoms with van der Waals surface area (Å²) in [5.41, 5.74) is 1.28. The first kappa shape index (κ1) is 12.9. The van der Waals surface area contributed by atoms with Crippen LogP contribution in [0.4, 0.5) is 0 Å². The van der Waals surface area contributed by atoms with Gasteiger partial charge < -0.3 is 15.2 Å². The average molecular weight is 249 g/mol. The van der Waals surface area contributed by atoms with Gasteiger partial charge in [-0.3, -0.25) is 4.79 Å². The minimum absolute atomic E-state index is 0.0164. The lowest BCUT2D eigenvalue weighted by Gasteiger charge is -2.22. The van der Waals surface area contributed by atoms with E-state index in [4.69, 9.17) is 4.74 Å². The van der Waals surface area contributed by atoms with Gasteiger partial charge in [0.25, 0.3) is 5.91 Å². The molecule has 4 heteroatoms. The highest BCUT2D eigenvalue weighted by molar-refractivity contribution is 5.96. The van der Waals surface area contributed by atoms with Gasteiger partial charge in [-0.2, -0.15) is 0 Å². The zero-order chi connectivity index (χ0) is 13.0. The zero-order valence-corrected chi connectivity index (χ0v) is 10.6. The maximum Gasteiger partial charge on any atom is 0.255 e. The molecule has 2 N–H and O–H groups in total. The Morgan fingerprint density at radius 1 is 1.50 bits per heavy atom. The molecular formula is C14H19NO3. The maximum atomic E-state index is 11.9. The molecule has 1 atom stereocenters. The lowest BCUT2D eigenvalue weighted by atomic mass is 10.1. The molecule has 18 heavy (non-hydrogen) atoms. The Morgan fingerprint density at radius 2 is 2.33 bits per heavy atom. The Morgan fingerprint density at radius 3 is 3.06 bits per heavy atom. The molecular weight excluding hydrogens is 230 g/mol. The van der Waals surface area contributed by atoms with Gasteiger partial charge in [-0.05, 0) is 38.3 Å². The second-order valence-electron chi connectivity index (χ2n) is 4.72. The predicted molar refractivity (Wildman–Crippen MR) is 68.8 cm³/mol. The van der Waals surface area contributed by atoms with Gasteiger partial charge in [-0.25, -0.2) is 0 Å². The van der Waals surface area contributed by atoms with E-state index in [2.05, 4.69) is 5.32 Å². The first-order valence-electron chi connectivity index (χ1n) is 6.36. The lowest BCUT2D eigenvalue weighted by Crippen LogP contribution is -2.35. The average Bonchev–Trinajstić information content (AvgIpc) is 2.40. The summed E-state index contributed by atoms with van der Waals surface area (Å²) in [5, 5.41) is 12.5. The van der Waals surface area contributed by atoms with Crippen LogP contribution in [0.5, 0.6) is 5.75 Å². The second kappa shape index (κ2) is 5.87. The van der Waals surface area contributed by atoms with Crippen LogP contribution >= 0.6 is 0 Å². The molecule has 1 amide bonds. The number of benzene rings is 1. The van der Waals surface area contributed by atoms with E-state index in [0.29, 0.717) is 12.1 Å². The Labute approximate surface area is 107 Å². The van der Waals surface area contributed by atoms with E-state index in [1.165, 1.54) is 0 Å². The highest BCUT2D eigenvalue weighted by Crippen LogP contribution is 2.18. The first-order chi connectivity index (χ1) is 8.66. The van der Waals surface area contributed by atoms with Crippen LogP contribution in [0.2, 0.25) is 0 Å². The molecule has 1 aromatic rings. The minimum Gasteiger partial charge on any atom is -0.507 e. The minimum atomic E-state index is -0.245. The highest BCUT2D eigenvalue weighted by Gasteiger charge is 2.16. The number of phenolic OH excluding ortho intramolecular Hbond substituents is 1. The number of ether oxygens (including phenoxy) is 1. The van der Waals surface area contributed by atoms with Crippen molar-refractivity contribution in [3.63, 3.8) is 0 Å². The van der Waals surface area contributed by atoms with Gasteiger partial charge in [0.2, 0.25) is 0 Å². The van der Waals surface area contributed by atoms with Crippen LogP contribution in [0.3, 0.4) is 0 Å². The number of amides is 1. The molecule has 0 aliphatic carbocycles. The fraction of sp³-hybridized carbons (Fsp3) is 0.500. The van der Waals surface area contributed by atoms with Crippen LogP contribution in [0.1, 0.15) is 35.2 Å². The van der Waals surface area contributed by atoms with Crippen molar-refractivity contribution in [3.05, 3.63) is 29.3 Å². The topological polar surface area (TPSA) is 58.6 Å². The molecule has 2 rings (SSSR count). The second-order valence-corrected chi connectivity index (χ2v) is 4.72. The van der Waals surface area contributed by atoms with Gasteiger partial charge in [0.15, 0.2) is 0 Å². The van der Waals surface area contributed by atoms with Crippen molar-refractivity contribution < 1.29 is 14.6 Å². The van der Waals surface area contributed by atoms with Gasteiger partial charge in [0.1, 0.15) is 5.75 Å². The fourth-order valence-corrected chi connectivity index (χ4v) is 2.10. The van der Waals surface area contributed by atoms with Gasteiger partial charge >= 0.3 is 0 Å². The molecule has 1 aliphatic rings. The normalized spacial score (nSPS) is 19.5. The summed E-state index contributed by atoms with van der Waals surface area (Å²) in [6.07, 6.45) is 3.34. The van der Waals surface area contributed by atoms with Crippen LogP contribution in [-0.4, -0.2) is 30.3 Å². The molecule has 1 fully saturated rings. The largest absolute Gasteiger partial charge is 0.507 e. The van der Waals surface area contributed by atoms with Crippen LogP contribution in [0, 0.1) is 6.92 Å². The van der Waals surface area contributed by atoms with Crippen molar-refractivity contribution in [2.75, 3.05) is 13.2 Å². The van der Waals surface area contributed by atoms with E-state index >= 15 is 0 Å². The van der Waals surface area contributed by atoms with Crippen LogP contribution in [0.15, 0.2) is 18.2 Å². The molecule has 0 aromatic heterocycles. The number of nitrogens with one attached hydrogen (secondary N) is 1. The SMILES string of the molecule is Cc1ccc(O)c(C(=O)NCC2CCCCO2)c1. The molecule has 0 spiro atoms. The number of hydrogen-bond donors (Lipinski definition) is 2. The van der Waals surface area contributed by atoms with Crippen LogP contribution in [-0.2, 0) is 4.74 Å². The third kappa shape index (κ3) is 3.23. The fourth-order valence-electron chi connectivity index (χ4n) is 2.10. The number of carbonyl (C=O) groups excluding carboxylic acids is 1. The molecule has 1 aliphatic heterocycles. The monoisotopic (exact) mass is 249 g/mol. The van der Waals surface area contributed by atoms with Gasteiger partial charge in [0.05, 0.1) is 11.7 Å². The first-order valence-corrected chi connectivity index (χ1v) is 6.36.